The molecule has 0 heterocycles. The van der Waals surface area contributed by atoms with Crippen molar-refractivity contribution in [3.8, 4) is 0 Å². The van der Waals surface area contributed by atoms with Crippen molar-refractivity contribution < 1.29 is 9.50 Å². The van der Waals surface area contributed by atoms with Gasteiger partial charge >= 0.3 is 0 Å². The van der Waals surface area contributed by atoms with E-state index in [2.05, 4.69) is 0 Å². The molecular formula is C16H15Cl2FO. The lowest BCUT2D eigenvalue weighted by atomic mass is 9.89. The van der Waals surface area contributed by atoms with E-state index in [1.165, 1.54) is 6.07 Å². The first kappa shape index (κ1) is 15.3. The zero-order valence-electron chi connectivity index (χ0n) is 11.0. The van der Waals surface area contributed by atoms with Gasteiger partial charge in [0.1, 0.15) is 5.82 Å². The highest BCUT2D eigenvalue weighted by Gasteiger charge is 2.24. The number of halogens is 3. The molecule has 2 aromatic rings. The molecule has 20 heavy (non-hydrogen) atoms. The van der Waals surface area contributed by atoms with Crippen LogP contribution in [0.5, 0.6) is 0 Å². The van der Waals surface area contributed by atoms with E-state index in [4.69, 9.17) is 23.2 Å². The molecule has 1 atom stereocenters. The van der Waals surface area contributed by atoms with Crippen LogP contribution < -0.4 is 0 Å². The first-order valence-corrected chi connectivity index (χ1v) is 7.03. The zero-order valence-corrected chi connectivity index (χ0v) is 12.5. The van der Waals surface area contributed by atoms with E-state index in [1.807, 2.05) is 6.07 Å². The molecule has 0 radical (unpaired) electrons. The number of benzene rings is 2. The quantitative estimate of drug-likeness (QED) is 0.870. The van der Waals surface area contributed by atoms with Crippen LogP contribution >= 0.6 is 23.2 Å². The maximum Gasteiger partial charge on any atom is 0.126 e. The van der Waals surface area contributed by atoms with Gasteiger partial charge in [-0.2, -0.15) is 0 Å². The maximum absolute atomic E-state index is 13.6. The zero-order chi connectivity index (χ0) is 14.8. The van der Waals surface area contributed by atoms with Gasteiger partial charge in [0.05, 0.1) is 15.6 Å². The second kappa shape index (κ2) is 6.13. The van der Waals surface area contributed by atoms with Crippen LogP contribution in [0.2, 0.25) is 10.0 Å². The number of hydrogen-bond acceptors (Lipinski definition) is 1. The molecular weight excluding hydrogens is 298 g/mol. The number of hydrogen-bond donors (Lipinski definition) is 1. The predicted octanol–water partition coefficient (Wildman–Crippen LogP) is 4.67. The van der Waals surface area contributed by atoms with Crippen molar-refractivity contribution >= 4 is 23.2 Å². The average Bonchev–Trinajstić information content (AvgIpc) is 2.37. The predicted molar refractivity (Wildman–Crippen MR) is 80.9 cm³/mol. The highest BCUT2D eigenvalue weighted by molar-refractivity contribution is 6.42. The Balaban J connectivity index is 2.19. The van der Waals surface area contributed by atoms with E-state index in [0.717, 1.165) is 5.56 Å². The average molecular weight is 313 g/mol. The summed E-state index contributed by atoms with van der Waals surface area (Å²) in [5, 5.41) is 11.4. The molecule has 1 unspecified atom stereocenters. The monoisotopic (exact) mass is 312 g/mol. The van der Waals surface area contributed by atoms with Crippen molar-refractivity contribution in [3.63, 3.8) is 0 Å². The molecule has 4 heteroatoms. The van der Waals surface area contributed by atoms with Gasteiger partial charge < -0.3 is 5.11 Å². The second-order valence-electron chi connectivity index (χ2n) is 5.15. The Hall–Kier alpha value is -1.09. The molecule has 0 bridgehead atoms. The highest BCUT2D eigenvalue weighted by atomic mass is 35.5. The van der Waals surface area contributed by atoms with E-state index < -0.39 is 5.60 Å². The summed E-state index contributed by atoms with van der Waals surface area (Å²) in [6.07, 6.45) is 0.517. The topological polar surface area (TPSA) is 20.2 Å². The van der Waals surface area contributed by atoms with Gasteiger partial charge in [0.25, 0.3) is 0 Å². The molecule has 2 rings (SSSR count). The molecule has 0 amide bonds. The van der Waals surface area contributed by atoms with Crippen molar-refractivity contribution in [1.82, 2.24) is 0 Å². The summed E-state index contributed by atoms with van der Waals surface area (Å²) in [5.74, 6) is -0.315. The largest absolute Gasteiger partial charge is 0.389 e. The Morgan fingerprint density at radius 2 is 1.60 bits per heavy atom. The van der Waals surface area contributed by atoms with Gasteiger partial charge in [-0.3, -0.25) is 0 Å². The molecule has 0 aliphatic carbocycles. The molecule has 0 fully saturated rings. The van der Waals surface area contributed by atoms with Crippen LogP contribution in [0.4, 0.5) is 4.39 Å². The molecule has 1 nitrogen and oxygen atoms in total. The van der Waals surface area contributed by atoms with Crippen molar-refractivity contribution in [3.05, 3.63) is 69.5 Å². The minimum Gasteiger partial charge on any atom is -0.389 e. The SMILES string of the molecule is CC(O)(Cc1ccccc1F)Cc1cccc(Cl)c1Cl. The van der Waals surface area contributed by atoms with Crippen LogP contribution in [0.25, 0.3) is 0 Å². The van der Waals surface area contributed by atoms with Crippen LogP contribution in [0.15, 0.2) is 42.5 Å². The molecule has 0 aliphatic heterocycles. The van der Waals surface area contributed by atoms with Gasteiger partial charge in [0.15, 0.2) is 0 Å². The highest BCUT2D eigenvalue weighted by Crippen LogP contribution is 2.29. The van der Waals surface area contributed by atoms with Gasteiger partial charge in [-0.05, 0) is 30.2 Å². The van der Waals surface area contributed by atoms with E-state index in [9.17, 15) is 9.50 Å². The number of rotatable bonds is 4. The van der Waals surface area contributed by atoms with Gasteiger partial charge in [-0.15, -0.1) is 0 Å². The Morgan fingerprint density at radius 3 is 2.30 bits per heavy atom. The summed E-state index contributed by atoms with van der Waals surface area (Å²) < 4.78 is 13.6. The molecule has 0 aromatic heterocycles. The Labute approximate surface area is 128 Å². The first-order valence-electron chi connectivity index (χ1n) is 6.28. The molecule has 0 aliphatic rings. The summed E-state index contributed by atoms with van der Waals surface area (Å²) >= 11 is 12.1. The molecule has 0 spiro atoms. The molecule has 0 saturated heterocycles. The van der Waals surface area contributed by atoms with Crippen LogP contribution in [-0.2, 0) is 12.8 Å². The molecule has 0 saturated carbocycles. The third kappa shape index (κ3) is 3.72. The van der Waals surface area contributed by atoms with Gasteiger partial charge in [0.2, 0.25) is 0 Å². The fraction of sp³-hybridized carbons (Fsp3) is 0.250. The van der Waals surface area contributed by atoms with Crippen LogP contribution in [-0.4, -0.2) is 10.7 Å². The summed E-state index contributed by atoms with van der Waals surface area (Å²) in [5.41, 5.74) is 0.132. The lowest BCUT2D eigenvalue weighted by Crippen LogP contribution is -2.30. The Kier molecular flexibility index (Phi) is 4.69. The number of aliphatic hydroxyl groups is 1. The van der Waals surface area contributed by atoms with Crippen molar-refractivity contribution in [1.29, 1.82) is 0 Å². The lowest BCUT2D eigenvalue weighted by molar-refractivity contribution is 0.0599. The minimum atomic E-state index is -1.10. The fourth-order valence-electron chi connectivity index (χ4n) is 2.21. The summed E-state index contributed by atoms with van der Waals surface area (Å²) in [6.45, 7) is 1.66. The van der Waals surface area contributed by atoms with Crippen molar-refractivity contribution in [2.75, 3.05) is 0 Å². The third-order valence-corrected chi connectivity index (χ3v) is 3.99. The lowest BCUT2D eigenvalue weighted by Gasteiger charge is -2.24. The normalized spacial score (nSPS) is 14.1. The summed E-state index contributed by atoms with van der Waals surface area (Å²) in [4.78, 5) is 0. The minimum absolute atomic E-state index is 0.211. The molecule has 2 aromatic carbocycles. The summed E-state index contributed by atoms with van der Waals surface area (Å²) in [7, 11) is 0. The van der Waals surface area contributed by atoms with Crippen molar-refractivity contribution in [2.24, 2.45) is 0 Å². The van der Waals surface area contributed by atoms with E-state index in [1.54, 1.807) is 37.3 Å². The van der Waals surface area contributed by atoms with Crippen LogP contribution in [0, 0.1) is 5.82 Å². The maximum atomic E-state index is 13.6. The van der Waals surface area contributed by atoms with E-state index in [0.29, 0.717) is 22.0 Å². The second-order valence-corrected chi connectivity index (χ2v) is 5.94. The first-order chi connectivity index (χ1) is 9.39. The Morgan fingerprint density at radius 1 is 1.00 bits per heavy atom. The molecule has 106 valence electrons. The van der Waals surface area contributed by atoms with Crippen molar-refractivity contribution in [2.45, 2.75) is 25.4 Å². The molecule has 1 N–H and O–H groups in total. The summed E-state index contributed by atoms with van der Waals surface area (Å²) in [6, 6.07) is 11.7. The van der Waals surface area contributed by atoms with E-state index in [-0.39, 0.29) is 12.2 Å². The van der Waals surface area contributed by atoms with Crippen LogP contribution in [0.1, 0.15) is 18.1 Å². The smallest absolute Gasteiger partial charge is 0.126 e. The van der Waals surface area contributed by atoms with Crippen LogP contribution in [0.3, 0.4) is 0 Å². The van der Waals surface area contributed by atoms with E-state index >= 15 is 0 Å². The standard InChI is InChI=1S/C16H15Cl2FO/c1-16(20,9-11-5-2-3-8-14(11)19)10-12-6-4-7-13(17)15(12)18/h2-8,20H,9-10H2,1H3. The van der Waals surface area contributed by atoms with Gasteiger partial charge in [0, 0.05) is 12.8 Å². The van der Waals surface area contributed by atoms with Gasteiger partial charge in [-0.25, -0.2) is 4.39 Å². The fourth-order valence-corrected chi connectivity index (χ4v) is 2.60. The third-order valence-electron chi connectivity index (χ3n) is 3.13. The Bertz CT molecular complexity index is 611. The van der Waals surface area contributed by atoms with Gasteiger partial charge in [-0.1, -0.05) is 53.5 Å².